The molecule has 0 radical (unpaired) electrons. The Kier molecular flexibility index (Phi) is 9.14. The molecule has 0 bridgehead atoms. The second-order valence-electron chi connectivity index (χ2n) is 8.06. The Morgan fingerprint density at radius 3 is 2.45 bits per heavy atom. The first-order valence-electron chi connectivity index (χ1n) is 10.5. The Balaban J connectivity index is 1.65. The lowest BCUT2D eigenvalue weighted by Gasteiger charge is -2.41. The largest absolute Gasteiger partial charge is 0.756 e. The lowest BCUT2D eigenvalue weighted by molar-refractivity contribution is -0.262. The molecule has 3 heterocycles. The van der Waals surface area contributed by atoms with Gasteiger partial charge < -0.3 is 49.5 Å². The standard InChI is InChI=1S/C17H25N3O16P2/c1-6-11(23)13(25)10(18-7(2)21)16(33-6)35-38(30,31)36-37(28,29)32-5-8-12(24)14(26)15(34-8)20-4-3-9(22)19-17(20)27/h3-4,8,10-16,23-26H,1,5H2,2H3,(H,18,21)(H,28,29)(H,30,31)(H,19,22,27)/p-2/t8-,10-,11+,12-,13-,14-,15-,16-/m1/s1. The van der Waals surface area contributed by atoms with Crippen LogP contribution in [0.3, 0.4) is 0 Å². The number of carbonyl (C=O) groups is 1. The van der Waals surface area contributed by atoms with E-state index >= 15 is 0 Å². The number of nitrogens with zero attached hydrogens (tertiary/aromatic N) is 1. The van der Waals surface area contributed by atoms with Crippen LogP contribution < -0.4 is 26.4 Å². The van der Waals surface area contributed by atoms with Crippen molar-refractivity contribution in [3.05, 3.63) is 45.4 Å². The molecule has 2 aliphatic heterocycles. The first-order valence-corrected chi connectivity index (χ1v) is 13.4. The van der Waals surface area contributed by atoms with Crippen molar-refractivity contribution < 1.29 is 67.0 Å². The van der Waals surface area contributed by atoms with Crippen LogP contribution >= 0.6 is 15.6 Å². The molecule has 1 aromatic rings. The summed E-state index contributed by atoms with van der Waals surface area (Å²) in [6.07, 6.45) is -11.6. The fourth-order valence-corrected chi connectivity index (χ4v) is 5.58. The molecule has 214 valence electrons. The highest BCUT2D eigenvalue weighted by Gasteiger charge is 2.46. The van der Waals surface area contributed by atoms with Crippen LogP contribution in [0.25, 0.3) is 0 Å². The maximum absolute atomic E-state index is 12.2. The number of aliphatic hydroxyl groups is 4. The van der Waals surface area contributed by atoms with Crippen molar-refractivity contribution >= 4 is 21.6 Å². The third kappa shape index (κ3) is 7.03. The van der Waals surface area contributed by atoms with Crippen molar-refractivity contribution in [1.29, 1.82) is 0 Å². The number of aromatic nitrogens is 2. The highest BCUT2D eigenvalue weighted by atomic mass is 31.3. The highest BCUT2D eigenvalue weighted by Crippen LogP contribution is 2.57. The molecule has 21 heteroatoms. The number of aromatic amines is 1. The predicted octanol–water partition coefficient (Wildman–Crippen LogP) is -4.76. The third-order valence-electron chi connectivity index (χ3n) is 5.24. The SMILES string of the molecule is C=C1O[C@H](OP(=O)([O-])OP(=O)([O-])OC[C@H]2O[C@@H](n3ccc(=O)[nH]c3=O)[C@H](O)[C@@H]2O)[C@H](NC(C)=O)[C@@H](O)[C@H]1O. The maximum atomic E-state index is 12.2. The quantitative estimate of drug-likeness (QED) is 0.148. The number of nitrogens with one attached hydrogen (secondary N) is 2. The molecule has 10 atom stereocenters. The van der Waals surface area contributed by atoms with Crippen LogP contribution in [0.15, 0.2) is 34.2 Å². The molecule has 2 aliphatic rings. The van der Waals surface area contributed by atoms with Crippen molar-refractivity contribution in [2.45, 2.75) is 56.0 Å². The number of hydrogen-bond acceptors (Lipinski definition) is 16. The van der Waals surface area contributed by atoms with Gasteiger partial charge in [-0.05, 0) is 0 Å². The van der Waals surface area contributed by atoms with Crippen molar-refractivity contribution in [3.63, 3.8) is 0 Å². The van der Waals surface area contributed by atoms with Crippen LogP contribution in [0, 0.1) is 0 Å². The number of ether oxygens (including phenoxy) is 2. The summed E-state index contributed by atoms with van der Waals surface area (Å²) in [5.41, 5.74) is -1.77. The van der Waals surface area contributed by atoms with Gasteiger partial charge in [0.25, 0.3) is 21.2 Å². The van der Waals surface area contributed by atoms with E-state index in [1.165, 1.54) is 0 Å². The van der Waals surface area contributed by atoms with Gasteiger partial charge in [-0.25, -0.2) is 9.11 Å². The lowest BCUT2D eigenvalue weighted by Crippen LogP contribution is -2.59. The summed E-state index contributed by atoms with van der Waals surface area (Å²) in [7, 11) is -11.7. The number of hydrogen-bond donors (Lipinski definition) is 6. The van der Waals surface area contributed by atoms with Gasteiger partial charge in [0.1, 0.15) is 42.3 Å². The van der Waals surface area contributed by atoms with Crippen LogP contribution in [0.1, 0.15) is 13.2 Å². The minimum Gasteiger partial charge on any atom is -0.756 e. The van der Waals surface area contributed by atoms with Crippen LogP contribution in [-0.2, 0) is 36.8 Å². The minimum atomic E-state index is -5.89. The lowest BCUT2D eigenvalue weighted by atomic mass is 10.0. The van der Waals surface area contributed by atoms with Gasteiger partial charge in [0.05, 0.1) is 6.61 Å². The number of phosphoric ester groups is 2. The van der Waals surface area contributed by atoms with E-state index in [-0.39, 0.29) is 0 Å². The van der Waals surface area contributed by atoms with Gasteiger partial charge >= 0.3 is 5.69 Å². The predicted molar refractivity (Wildman–Crippen MR) is 114 cm³/mol. The number of phosphoric acid groups is 2. The number of carbonyl (C=O) groups excluding carboxylic acids is 1. The molecule has 0 spiro atoms. The summed E-state index contributed by atoms with van der Waals surface area (Å²) in [6.45, 7) is 3.12. The molecule has 0 aliphatic carbocycles. The van der Waals surface area contributed by atoms with Crippen molar-refractivity contribution in [3.8, 4) is 0 Å². The Morgan fingerprint density at radius 1 is 1.18 bits per heavy atom. The van der Waals surface area contributed by atoms with Gasteiger partial charge in [-0.2, -0.15) is 0 Å². The summed E-state index contributed by atoms with van der Waals surface area (Å²) >= 11 is 0. The summed E-state index contributed by atoms with van der Waals surface area (Å²) in [5, 5.41) is 42.3. The molecule has 0 aromatic carbocycles. The van der Waals surface area contributed by atoms with E-state index in [0.29, 0.717) is 4.57 Å². The van der Waals surface area contributed by atoms with E-state index in [0.717, 1.165) is 19.2 Å². The number of aliphatic hydroxyl groups excluding tert-OH is 4. The molecule has 1 amide bonds. The first-order chi connectivity index (χ1) is 17.5. The second-order valence-corrected chi connectivity index (χ2v) is 11.0. The van der Waals surface area contributed by atoms with Gasteiger partial charge in [0, 0.05) is 19.2 Å². The van der Waals surface area contributed by atoms with Crippen LogP contribution in [0.2, 0.25) is 0 Å². The van der Waals surface area contributed by atoms with Crippen molar-refractivity contribution in [2.24, 2.45) is 0 Å². The number of rotatable bonds is 9. The molecule has 1 aromatic heterocycles. The van der Waals surface area contributed by atoms with Gasteiger partial charge in [-0.3, -0.25) is 32.8 Å². The summed E-state index contributed by atoms with van der Waals surface area (Å²) in [4.78, 5) is 60.7. The average molecular weight is 587 g/mol. The van der Waals surface area contributed by atoms with E-state index in [9.17, 15) is 53.7 Å². The topological polar surface area (TPSA) is 291 Å². The molecule has 19 nitrogen and oxygen atoms in total. The Bertz CT molecular complexity index is 1270. The van der Waals surface area contributed by atoms with Gasteiger partial charge in [-0.15, -0.1) is 0 Å². The fourth-order valence-electron chi connectivity index (χ4n) is 3.50. The normalized spacial score (nSPS) is 34.7. The Hall–Kier alpha value is -2.25. The smallest absolute Gasteiger partial charge is 0.330 e. The molecule has 2 saturated heterocycles. The zero-order valence-corrected chi connectivity index (χ0v) is 21.0. The molecular weight excluding hydrogens is 564 g/mol. The molecular formula is C17H23N3O16P2-2. The van der Waals surface area contributed by atoms with Crippen molar-refractivity contribution in [1.82, 2.24) is 14.9 Å². The van der Waals surface area contributed by atoms with Gasteiger partial charge in [0.15, 0.2) is 6.23 Å². The molecule has 2 unspecified atom stereocenters. The minimum absolute atomic E-state index is 0.562. The van der Waals surface area contributed by atoms with E-state index in [4.69, 9.17) is 9.47 Å². The monoisotopic (exact) mass is 587 g/mol. The van der Waals surface area contributed by atoms with E-state index < -0.39 is 94.2 Å². The highest BCUT2D eigenvalue weighted by molar-refractivity contribution is 7.59. The van der Waals surface area contributed by atoms with Gasteiger partial charge in [-0.1, -0.05) is 6.58 Å². The average Bonchev–Trinajstić information content (AvgIpc) is 3.06. The fraction of sp³-hybridized carbons (Fsp3) is 0.588. The van der Waals surface area contributed by atoms with Crippen molar-refractivity contribution in [2.75, 3.05) is 6.61 Å². The second kappa shape index (κ2) is 11.5. The van der Waals surface area contributed by atoms with E-state index in [2.05, 4.69) is 25.3 Å². The third-order valence-corrected chi connectivity index (χ3v) is 7.78. The Labute approximate surface area is 212 Å². The maximum Gasteiger partial charge on any atom is 0.330 e. The molecule has 2 fully saturated rings. The van der Waals surface area contributed by atoms with Crippen LogP contribution in [-0.4, -0.2) is 85.3 Å². The van der Waals surface area contributed by atoms with E-state index in [1.807, 2.05) is 4.98 Å². The zero-order chi connectivity index (χ0) is 28.6. The van der Waals surface area contributed by atoms with Crippen LogP contribution in [0.5, 0.6) is 0 Å². The van der Waals surface area contributed by atoms with E-state index in [1.54, 1.807) is 0 Å². The Morgan fingerprint density at radius 2 is 1.84 bits per heavy atom. The zero-order valence-electron chi connectivity index (χ0n) is 19.2. The molecule has 38 heavy (non-hydrogen) atoms. The molecule has 3 rings (SSSR count). The molecule has 6 N–H and O–H groups in total. The summed E-state index contributed by atoms with van der Waals surface area (Å²) < 4.78 is 48.1. The summed E-state index contributed by atoms with van der Waals surface area (Å²) in [5.74, 6) is -1.36. The summed E-state index contributed by atoms with van der Waals surface area (Å²) in [6, 6.07) is -0.789. The first kappa shape index (κ1) is 30.3. The van der Waals surface area contributed by atoms with Crippen LogP contribution in [0.4, 0.5) is 0 Å². The molecule has 0 saturated carbocycles. The van der Waals surface area contributed by atoms with Gasteiger partial charge in [0.2, 0.25) is 12.2 Å². The number of H-pyrrole nitrogens is 1. The number of amides is 1.